The number of aliphatic hydroxyl groups is 3. The molecule has 0 amide bonds. The lowest BCUT2D eigenvalue weighted by atomic mass is 9.44. The fourth-order valence-electron chi connectivity index (χ4n) is 6.85. The normalized spacial score (nSPS) is 45.8. The van der Waals surface area contributed by atoms with Crippen LogP contribution in [0.5, 0.6) is 0 Å². The second-order valence-corrected chi connectivity index (χ2v) is 9.54. The maximum Gasteiger partial charge on any atom is 0.310 e. The standard InChI is InChI=1S/C23H30O8/c1-28-10-22-11-30-19-18(26)14(9-29-8-13-5-3-2-4-6-13)17-21(27)31-12-23(17,20(19)22)16(25)7-15(22)24/h2-6,14-20,24-26H,7-12H2,1H3/t14-,15-,16+,17+,18+,19+,20+,22-,23-/m1/s1. The lowest BCUT2D eigenvalue weighted by molar-refractivity contribution is -0.237. The Balaban J connectivity index is 1.48. The summed E-state index contributed by atoms with van der Waals surface area (Å²) >= 11 is 0. The maximum absolute atomic E-state index is 12.9. The first-order valence-electron chi connectivity index (χ1n) is 10.9. The molecule has 1 spiro atoms. The van der Waals surface area contributed by atoms with Crippen LogP contribution < -0.4 is 0 Å². The molecule has 0 radical (unpaired) electrons. The summed E-state index contributed by atoms with van der Waals surface area (Å²) in [7, 11) is 1.56. The minimum Gasteiger partial charge on any atom is -0.465 e. The fourth-order valence-corrected chi connectivity index (χ4v) is 6.85. The van der Waals surface area contributed by atoms with Gasteiger partial charge in [0.2, 0.25) is 0 Å². The Hall–Kier alpha value is -1.55. The van der Waals surface area contributed by atoms with E-state index in [1.165, 1.54) is 0 Å². The first kappa shape index (κ1) is 21.3. The van der Waals surface area contributed by atoms with Gasteiger partial charge in [-0.05, 0) is 5.56 Å². The van der Waals surface area contributed by atoms with E-state index in [2.05, 4.69) is 0 Å². The average molecular weight is 434 g/mol. The van der Waals surface area contributed by atoms with Gasteiger partial charge in [-0.2, -0.15) is 0 Å². The van der Waals surface area contributed by atoms with Crippen LogP contribution in [0.15, 0.2) is 30.3 Å². The van der Waals surface area contributed by atoms with Crippen LogP contribution >= 0.6 is 0 Å². The van der Waals surface area contributed by atoms with E-state index in [4.69, 9.17) is 18.9 Å². The van der Waals surface area contributed by atoms with Gasteiger partial charge in [0.25, 0.3) is 0 Å². The van der Waals surface area contributed by atoms with Crippen molar-refractivity contribution in [1.82, 2.24) is 0 Å². The van der Waals surface area contributed by atoms with Crippen molar-refractivity contribution in [3.8, 4) is 0 Å². The Bertz CT molecular complexity index is 817. The SMILES string of the molecule is COC[C@@]12CO[C@H]3[C@@H](O)[C@H](COCc4ccccc4)[C@H]4C(=O)OC[C@]4([C@@H](O)C[C@H]1O)[C@@H]32. The number of esters is 1. The molecule has 2 saturated carbocycles. The van der Waals surface area contributed by atoms with Crippen molar-refractivity contribution in [2.24, 2.45) is 28.6 Å². The minimum atomic E-state index is -0.985. The number of methoxy groups -OCH3 is 1. The maximum atomic E-state index is 12.9. The number of aliphatic hydroxyl groups excluding tert-OH is 3. The van der Waals surface area contributed by atoms with Crippen LogP contribution in [-0.2, 0) is 30.3 Å². The Morgan fingerprint density at radius 3 is 2.65 bits per heavy atom. The lowest BCUT2D eigenvalue weighted by Gasteiger charge is -2.59. The van der Waals surface area contributed by atoms with E-state index in [1.807, 2.05) is 30.3 Å². The molecular weight excluding hydrogens is 404 g/mol. The summed E-state index contributed by atoms with van der Waals surface area (Å²) < 4.78 is 23.0. The van der Waals surface area contributed by atoms with Gasteiger partial charge in [0, 0.05) is 30.8 Å². The van der Waals surface area contributed by atoms with Gasteiger partial charge in [0.1, 0.15) is 6.61 Å². The van der Waals surface area contributed by atoms with Gasteiger partial charge in [0.15, 0.2) is 0 Å². The van der Waals surface area contributed by atoms with Crippen LogP contribution in [0, 0.1) is 28.6 Å². The summed E-state index contributed by atoms with van der Waals surface area (Å²) in [6, 6.07) is 9.67. The first-order valence-corrected chi connectivity index (χ1v) is 10.9. The summed E-state index contributed by atoms with van der Waals surface area (Å²) in [5.41, 5.74) is -0.760. The lowest BCUT2D eigenvalue weighted by Crippen LogP contribution is -2.71. The highest BCUT2D eigenvalue weighted by atomic mass is 16.5. The molecule has 4 aliphatic rings. The third kappa shape index (κ3) is 2.93. The molecule has 170 valence electrons. The largest absolute Gasteiger partial charge is 0.465 e. The van der Waals surface area contributed by atoms with Crippen molar-refractivity contribution in [2.75, 3.05) is 33.5 Å². The highest BCUT2D eigenvalue weighted by molar-refractivity contribution is 5.77. The quantitative estimate of drug-likeness (QED) is 0.541. The molecule has 0 aromatic heterocycles. The monoisotopic (exact) mass is 434 g/mol. The molecule has 4 fully saturated rings. The van der Waals surface area contributed by atoms with E-state index < -0.39 is 59.0 Å². The number of ether oxygens (including phenoxy) is 4. The third-order valence-electron chi connectivity index (χ3n) is 8.14. The number of carbonyl (C=O) groups is 1. The van der Waals surface area contributed by atoms with Gasteiger partial charge in [0.05, 0.1) is 62.2 Å². The van der Waals surface area contributed by atoms with Gasteiger partial charge in [-0.25, -0.2) is 0 Å². The van der Waals surface area contributed by atoms with Crippen LogP contribution in [0.1, 0.15) is 12.0 Å². The number of cyclic esters (lactones) is 1. The summed E-state index contributed by atoms with van der Waals surface area (Å²) in [5.74, 6) is -2.21. The second kappa shape index (κ2) is 7.79. The van der Waals surface area contributed by atoms with Crippen molar-refractivity contribution in [1.29, 1.82) is 0 Å². The van der Waals surface area contributed by atoms with Crippen molar-refractivity contribution >= 4 is 5.97 Å². The number of hydrogen-bond acceptors (Lipinski definition) is 8. The Kier molecular flexibility index (Phi) is 5.36. The van der Waals surface area contributed by atoms with Gasteiger partial charge in [-0.15, -0.1) is 0 Å². The molecule has 2 saturated heterocycles. The predicted molar refractivity (Wildman–Crippen MR) is 107 cm³/mol. The molecular formula is C23H30O8. The molecule has 8 heteroatoms. The molecule has 0 bridgehead atoms. The highest BCUT2D eigenvalue weighted by Crippen LogP contribution is 2.66. The van der Waals surface area contributed by atoms with Crippen LogP contribution in [0.3, 0.4) is 0 Å². The molecule has 5 rings (SSSR count). The van der Waals surface area contributed by atoms with Crippen LogP contribution in [0.4, 0.5) is 0 Å². The summed E-state index contributed by atoms with van der Waals surface area (Å²) in [6.45, 7) is 0.940. The fraction of sp³-hybridized carbons (Fsp3) is 0.696. The van der Waals surface area contributed by atoms with Gasteiger partial charge < -0.3 is 34.3 Å². The predicted octanol–water partition coefficient (Wildman–Crippen LogP) is 0.127. The zero-order chi connectivity index (χ0) is 21.8. The third-order valence-corrected chi connectivity index (χ3v) is 8.14. The molecule has 2 heterocycles. The highest BCUT2D eigenvalue weighted by Gasteiger charge is 2.77. The molecule has 2 aliphatic heterocycles. The molecule has 0 unspecified atom stereocenters. The van der Waals surface area contributed by atoms with E-state index in [9.17, 15) is 20.1 Å². The van der Waals surface area contributed by atoms with Crippen molar-refractivity contribution in [3.63, 3.8) is 0 Å². The number of rotatable bonds is 6. The molecule has 3 N–H and O–H groups in total. The molecule has 2 aliphatic carbocycles. The summed E-state index contributed by atoms with van der Waals surface area (Å²) in [5, 5.41) is 33.4. The van der Waals surface area contributed by atoms with Crippen LogP contribution in [0.25, 0.3) is 0 Å². The number of carbonyl (C=O) groups excluding carboxylic acids is 1. The Morgan fingerprint density at radius 1 is 1.13 bits per heavy atom. The van der Waals surface area contributed by atoms with Crippen molar-refractivity contribution < 1.29 is 39.1 Å². The average Bonchev–Trinajstić information content (AvgIpc) is 3.31. The van der Waals surface area contributed by atoms with Crippen LogP contribution in [0.2, 0.25) is 0 Å². The van der Waals surface area contributed by atoms with Gasteiger partial charge in [-0.3, -0.25) is 4.79 Å². The van der Waals surface area contributed by atoms with E-state index in [-0.39, 0.29) is 32.8 Å². The molecule has 1 aromatic rings. The molecule has 31 heavy (non-hydrogen) atoms. The Labute approximate surface area is 181 Å². The topological polar surface area (TPSA) is 115 Å². The van der Waals surface area contributed by atoms with Crippen molar-refractivity contribution in [2.45, 2.75) is 37.4 Å². The smallest absolute Gasteiger partial charge is 0.310 e. The van der Waals surface area contributed by atoms with Crippen molar-refractivity contribution in [3.05, 3.63) is 35.9 Å². The van der Waals surface area contributed by atoms with Gasteiger partial charge in [-0.1, -0.05) is 30.3 Å². The van der Waals surface area contributed by atoms with E-state index in [1.54, 1.807) is 7.11 Å². The summed E-state index contributed by atoms with van der Waals surface area (Å²) in [4.78, 5) is 12.9. The first-order chi connectivity index (χ1) is 15.0. The van der Waals surface area contributed by atoms with E-state index >= 15 is 0 Å². The number of benzene rings is 1. The van der Waals surface area contributed by atoms with Gasteiger partial charge >= 0.3 is 5.97 Å². The minimum absolute atomic E-state index is 0.0439. The molecule has 9 atom stereocenters. The number of hydrogen-bond donors (Lipinski definition) is 3. The molecule has 1 aromatic carbocycles. The zero-order valence-corrected chi connectivity index (χ0v) is 17.6. The zero-order valence-electron chi connectivity index (χ0n) is 17.6. The van der Waals surface area contributed by atoms with Crippen LogP contribution in [-0.4, -0.2) is 79.2 Å². The second-order valence-electron chi connectivity index (χ2n) is 9.54. The van der Waals surface area contributed by atoms with E-state index in [0.29, 0.717) is 6.61 Å². The van der Waals surface area contributed by atoms with E-state index in [0.717, 1.165) is 5.56 Å². The summed E-state index contributed by atoms with van der Waals surface area (Å²) in [6.07, 6.45) is -3.34. The molecule has 8 nitrogen and oxygen atoms in total. The Morgan fingerprint density at radius 2 is 1.90 bits per heavy atom.